The summed E-state index contributed by atoms with van der Waals surface area (Å²) < 4.78 is 5.19. The number of nitrogens with zero attached hydrogens (tertiary/aromatic N) is 1. The highest BCUT2D eigenvalue weighted by Crippen LogP contribution is 2.34. The van der Waals surface area contributed by atoms with Crippen LogP contribution in [0.1, 0.15) is 38.3 Å². The Balaban J connectivity index is 2.04. The van der Waals surface area contributed by atoms with Crippen LogP contribution in [-0.2, 0) is 4.79 Å². The van der Waals surface area contributed by atoms with Gasteiger partial charge in [0.15, 0.2) is 0 Å². The van der Waals surface area contributed by atoms with Crippen molar-refractivity contribution in [2.75, 3.05) is 20.2 Å². The summed E-state index contributed by atoms with van der Waals surface area (Å²) in [5, 5.41) is 4.97. The summed E-state index contributed by atoms with van der Waals surface area (Å²) >= 11 is 0. The fourth-order valence-electron chi connectivity index (χ4n) is 3.01. The first-order valence-electron chi connectivity index (χ1n) is 8.05. The second kappa shape index (κ2) is 7.97. The second-order valence-corrected chi connectivity index (χ2v) is 5.69. The molecule has 0 aromatic heterocycles. The van der Waals surface area contributed by atoms with Crippen molar-refractivity contribution in [2.45, 2.75) is 38.8 Å². The Kier molecular flexibility index (Phi) is 5.98. The van der Waals surface area contributed by atoms with Crippen LogP contribution in [-0.4, -0.2) is 43.1 Å². The molecule has 3 amide bonds. The number of benzene rings is 1. The molecule has 1 heterocycles. The fourth-order valence-corrected chi connectivity index (χ4v) is 3.01. The maximum absolute atomic E-state index is 12.3. The zero-order valence-electron chi connectivity index (χ0n) is 14.0. The number of carbonyl (C=O) groups is 2. The minimum Gasteiger partial charge on any atom is -0.497 e. The van der Waals surface area contributed by atoms with Crippen LogP contribution in [0.4, 0.5) is 4.79 Å². The minimum absolute atomic E-state index is 0.191. The van der Waals surface area contributed by atoms with E-state index in [4.69, 9.17) is 4.74 Å². The lowest BCUT2D eigenvalue weighted by Gasteiger charge is -2.30. The van der Waals surface area contributed by atoms with Crippen LogP contribution >= 0.6 is 0 Å². The molecule has 1 aliphatic heterocycles. The van der Waals surface area contributed by atoms with Crippen LogP contribution in [0.15, 0.2) is 24.3 Å². The quantitative estimate of drug-likeness (QED) is 0.871. The third-order valence-electron chi connectivity index (χ3n) is 4.25. The SMILES string of the molecule is CCNC(=O)NC(=O)C(C)N1CCCC1c1ccc(OC)cc1. The highest BCUT2D eigenvalue weighted by atomic mass is 16.5. The summed E-state index contributed by atoms with van der Waals surface area (Å²) in [5.74, 6) is 0.552. The molecule has 1 fully saturated rings. The molecule has 2 atom stereocenters. The first kappa shape index (κ1) is 17.3. The predicted molar refractivity (Wildman–Crippen MR) is 88.4 cm³/mol. The lowest BCUT2D eigenvalue weighted by molar-refractivity contribution is -0.125. The Morgan fingerprint density at radius 2 is 2.04 bits per heavy atom. The number of imide groups is 1. The number of ether oxygens (including phenoxy) is 1. The zero-order valence-corrected chi connectivity index (χ0v) is 14.0. The Labute approximate surface area is 137 Å². The fraction of sp³-hybridized carbons (Fsp3) is 0.529. The van der Waals surface area contributed by atoms with Gasteiger partial charge in [-0.15, -0.1) is 0 Å². The molecule has 6 nitrogen and oxygen atoms in total. The third-order valence-corrected chi connectivity index (χ3v) is 4.25. The number of urea groups is 1. The number of rotatable bonds is 5. The topological polar surface area (TPSA) is 70.7 Å². The summed E-state index contributed by atoms with van der Waals surface area (Å²) in [6.45, 7) is 5.00. The zero-order chi connectivity index (χ0) is 16.8. The molecule has 0 radical (unpaired) electrons. The van der Waals surface area contributed by atoms with Gasteiger partial charge < -0.3 is 10.1 Å². The first-order valence-corrected chi connectivity index (χ1v) is 8.05. The van der Waals surface area contributed by atoms with Crippen LogP contribution in [0.2, 0.25) is 0 Å². The maximum atomic E-state index is 12.3. The normalized spacial score (nSPS) is 19.2. The van der Waals surface area contributed by atoms with E-state index < -0.39 is 6.03 Å². The molecule has 2 N–H and O–H groups in total. The van der Waals surface area contributed by atoms with Gasteiger partial charge >= 0.3 is 6.03 Å². The number of amides is 3. The van der Waals surface area contributed by atoms with Crippen molar-refractivity contribution in [2.24, 2.45) is 0 Å². The van der Waals surface area contributed by atoms with Gasteiger partial charge in [-0.05, 0) is 50.9 Å². The van der Waals surface area contributed by atoms with Gasteiger partial charge in [-0.2, -0.15) is 0 Å². The summed E-state index contributed by atoms with van der Waals surface area (Å²) in [4.78, 5) is 25.9. The number of nitrogens with one attached hydrogen (secondary N) is 2. The highest BCUT2D eigenvalue weighted by molar-refractivity contribution is 5.96. The molecule has 0 aliphatic carbocycles. The standard InChI is InChI=1S/C17H25N3O3/c1-4-18-17(22)19-16(21)12(2)20-11-5-6-15(20)13-7-9-14(23-3)10-8-13/h7-10,12,15H,4-6,11H2,1-3H3,(H2,18,19,21,22). The maximum Gasteiger partial charge on any atom is 0.321 e. The number of likely N-dealkylation sites (tertiary alicyclic amines) is 1. The van der Waals surface area contributed by atoms with Crippen LogP contribution < -0.4 is 15.4 Å². The molecule has 1 aromatic rings. The molecule has 0 bridgehead atoms. The van der Waals surface area contributed by atoms with E-state index in [2.05, 4.69) is 15.5 Å². The number of hydrogen-bond acceptors (Lipinski definition) is 4. The Morgan fingerprint density at radius 1 is 1.35 bits per heavy atom. The average Bonchev–Trinajstić information content (AvgIpc) is 3.03. The van der Waals surface area contributed by atoms with E-state index in [-0.39, 0.29) is 18.0 Å². The monoisotopic (exact) mass is 319 g/mol. The van der Waals surface area contributed by atoms with Gasteiger partial charge in [-0.25, -0.2) is 4.79 Å². The largest absolute Gasteiger partial charge is 0.497 e. The van der Waals surface area contributed by atoms with Crippen molar-refractivity contribution < 1.29 is 14.3 Å². The average molecular weight is 319 g/mol. The molecule has 2 rings (SSSR count). The van der Waals surface area contributed by atoms with Crippen molar-refractivity contribution in [3.8, 4) is 5.75 Å². The lowest BCUT2D eigenvalue weighted by Crippen LogP contribution is -2.49. The summed E-state index contributed by atoms with van der Waals surface area (Å²) in [5.41, 5.74) is 1.17. The Morgan fingerprint density at radius 3 is 2.65 bits per heavy atom. The molecule has 0 spiro atoms. The molecular formula is C17H25N3O3. The van der Waals surface area contributed by atoms with E-state index in [1.807, 2.05) is 38.1 Å². The van der Waals surface area contributed by atoms with Gasteiger partial charge in [0, 0.05) is 12.6 Å². The molecule has 1 saturated heterocycles. The van der Waals surface area contributed by atoms with Crippen molar-refractivity contribution in [3.63, 3.8) is 0 Å². The molecule has 2 unspecified atom stereocenters. The van der Waals surface area contributed by atoms with E-state index >= 15 is 0 Å². The smallest absolute Gasteiger partial charge is 0.321 e. The Hall–Kier alpha value is -2.08. The third kappa shape index (κ3) is 4.22. The summed E-state index contributed by atoms with van der Waals surface area (Å²) in [7, 11) is 1.64. The number of carbonyl (C=O) groups excluding carboxylic acids is 2. The van der Waals surface area contributed by atoms with Gasteiger partial charge in [0.1, 0.15) is 5.75 Å². The van der Waals surface area contributed by atoms with Crippen LogP contribution in [0.5, 0.6) is 5.75 Å². The van der Waals surface area contributed by atoms with Gasteiger partial charge in [-0.3, -0.25) is 15.0 Å². The highest BCUT2D eigenvalue weighted by Gasteiger charge is 2.33. The molecule has 126 valence electrons. The van der Waals surface area contributed by atoms with Crippen LogP contribution in [0.25, 0.3) is 0 Å². The van der Waals surface area contributed by atoms with Gasteiger partial charge in [0.2, 0.25) is 5.91 Å². The minimum atomic E-state index is -0.440. The summed E-state index contributed by atoms with van der Waals surface area (Å²) in [6.07, 6.45) is 2.04. The molecule has 0 saturated carbocycles. The van der Waals surface area contributed by atoms with E-state index in [0.717, 1.165) is 25.1 Å². The van der Waals surface area contributed by atoms with Gasteiger partial charge in [0.05, 0.1) is 13.2 Å². The first-order chi connectivity index (χ1) is 11.1. The van der Waals surface area contributed by atoms with Crippen LogP contribution in [0, 0.1) is 0 Å². The van der Waals surface area contributed by atoms with E-state index in [1.54, 1.807) is 7.11 Å². The number of methoxy groups -OCH3 is 1. The Bertz CT molecular complexity index is 545. The van der Waals surface area contributed by atoms with Crippen molar-refractivity contribution >= 4 is 11.9 Å². The molecule has 23 heavy (non-hydrogen) atoms. The molecule has 1 aliphatic rings. The van der Waals surface area contributed by atoms with E-state index in [9.17, 15) is 9.59 Å². The lowest BCUT2D eigenvalue weighted by atomic mass is 10.0. The molecular weight excluding hydrogens is 294 g/mol. The molecule has 6 heteroatoms. The van der Waals surface area contributed by atoms with Gasteiger partial charge in [-0.1, -0.05) is 12.1 Å². The summed E-state index contributed by atoms with van der Waals surface area (Å²) in [6, 6.07) is 7.34. The van der Waals surface area contributed by atoms with Crippen molar-refractivity contribution in [1.82, 2.24) is 15.5 Å². The van der Waals surface area contributed by atoms with Crippen molar-refractivity contribution in [1.29, 1.82) is 0 Å². The number of hydrogen-bond donors (Lipinski definition) is 2. The predicted octanol–water partition coefficient (Wildman–Crippen LogP) is 2.07. The van der Waals surface area contributed by atoms with Crippen LogP contribution in [0.3, 0.4) is 0 Å². The second-order valence-electron chi connectivity index (χ2n) is 5.69. The van der Waals surface area contributed by atoms with Gasteiger partial charge in [0.25, 0.3) is 0 Å². The van der Waals surface area contributed by atoms with E-state index in [1.165, 1.54) is 5.56 Å². The van der Waals surface area contributed by atoms with Crippen molar-refractivity contribution in [3.05, 3.63) is 29.8 Å². The van der Waals surface area contributed by atoms with E-state index in [0.29, 0.717) is 6.54 Å². The molecule has 1 aromatic carbocycles.